The van der Waals surface area contributed by atoms with Crippen LogP contribution in [0.25, 0.3) is 0 Å². The molecule has 1 aromatic rings. The third kappa shape index (κ3) is 4.66. The molecule has 1 heterocycles. The van der Waals surface area contributed by atoms with Crippen LogP contribution in [0.4, 0.5) is 5.82 Å². The number of hydrogen-bond acceptors (Lipinski definition) is 5. The van der Waals surface area contributed by atoms with Crippen LogP contribution < -0.4 is 4.90 Å². The van der Waals surface area contributed by atoms with Gasteiger partial charge in [-0.25, -0.2) is 4.98 Å². The summed E-state index contributed by atoms with van der Waals surface area (Å²) in [6.45, 7) is 6.62. The molecule has 17 heavy (non-hydrogen) atoms. The van der Waals surface area contributed by atoms with Crippen LogP contribution in [0.1, 0.15) is 19.5 Å². The summed E-state index contributed by atoms with van der Waals surface area (Å²) in [5.41, 5.74) is 0.588. The Labute approximate surface area is 102 Å². The fraction of sp³-hybridized carbons (Fsp3) is 0.667. The summed E-state index contributed by atoms with van der Waals surface area (Å²) in [6, 6.07) is 0. The average Bonchev–Trinajstić information content (AvgIpc) is 2.34. The number of aliphatic hydroxyl groups excluding tert-OH is 1. The largest absolute Gasteiger partial charge is 0.390 e. The van der Waals surface area contributed by atoms with E-state index in [0.29, 0.717) is 18.2 Å². The molecule has 0 aromatic carbocycles. The topological polar surface area (TPSA) is 58.5 Å². The first-order valence-electron chi connectivity index (χ1n) is 5.83. The van der Waals surface area contributed by atoms with Gasteiger partial charge in [0.2, 0.25) is 0 Å². The van der Waals surface area contributed by atoms with Crippen LogP contribution >= 0.6 is 0 Å². The second kappa shape index (κ2) is 7.19. The molecule has 0 fully saturated rings. The lowest BCUT2D eigenvalue weighted by Crippen LogP contribution is -2.31. The van der Waals surface area contributed by atoms with E-state index in [1.54, 1.807) is 19.5 Å². The number of aromatic nitrogens is 2. The first-order chi connectivity index (χ1) is 8.17. The minimum absolute atomic E-state index is 0.0739. The predicted molar refractivity (Wildman–Crippen MR) is 66.9 cm³/mol. The molecule has 0 spiro atoms. The maximum absolute atomic E-state index is 8.92. The molecule has 1 rings (SSSR count). The van der Waals surface area contributed by atoms with Crippen LogP contribution in [-0.2, 0) is 11.3 Å². The Hall–Kier alpha value is -1.20. The minimum atomic E-state index is -0.0739. The smallest absolute Gasteiger partial charge is 0.147 e. The van der Waals surface area contributed by atoms with Gasteiger partial charge in [-0.15, -0.1) is 0 Å². The molecule has 0 saturated heterocycles. The first-order valence-corrected chi connectivity index (χ1v) is 5.83. The molecule has 1 aromatic heterocycles. The molecule has 0 aliphatic heterocycles. The van der Waals surface area contributed by atoms with Crippen molar-refractivity contribution in [3.8, 4) is 0 Å². The molecule has 0 aliphatic carbocycles. The van der Waals surface area contributed by atoms with E-state index >= 15 is 0 Å². The average molecular weight is 239 g/mol. The molecule has 0 bridgehead atoms. The molecule has 0 radical (unpaired) electrons. The number of anilines is 1. The Morgan fingerprint density at radius 2 is 2.12 bits per heavy atom. The number of methoxy groups -OCH3 is 1. The van der Waals surface area contributed by atoms with E-state index in [1.807, 2.05) is 0 Å². The van der Waals surface area contributed by atoms with Gasteiger partial charge < -0.3 is 14.7 Å². The fourth-order valence-corrected chi connectivity index (χ4v) is 1.53. The van der Waals surface area contributed by atoms with Gasteiger partial charge in [0.05, 0.1) is 31.3 Å². The Morgan fingerprint density at radius 3 is 2.59 bits per heavy atom. The van der Waals surface area contributed by atoms with Crippen LogP contribution in [0.3, 0.4) is 0 Å². The monoisotopic (exact) mass is 239 g/mol. The van der Waals surface area contributed by atoms with E-state index in [-0.39, 0.29) is 6.61 Å². The van der Waals surface area contributed by atoms with Crippen LogP contribution in [0.15, 0.2) is 12.4 Å². The van der Waals surface area contributed by atoms with Crippen molar-refractivity contribution in [1.29, 1.82) is 0 Å². The van der Waals surface area contributed by atoms with Crippen molar-refractivity contribution >= 4 is 5.82 Å². The molecule has 0 atom stereocenters. The standard InChI is InChI=1S/C12H21N3O2/c1-10(2)8-15(4-5-17-3)12-7-13-11(9-16)6-14-12/h6-7,10,16H,4-5,8-9H2,1-3H3. The zero-order valence-corrected chi connectivity index (χ0v) is 10.8. The lowest BCUT2D eigenvalue weighted by molar-refractivity contribution is 0.204. The first kappa shape index (κ1) is 13.9. The molecule has 0 aliphatic rings. The van der Waals surface area contributed by atoms with Crippen molar-refractivity contribution in [1.82, 2.24) is 9.97 Å². The van der Waals surface area contributed by atoms with Crippen molar-refractivity contribution in [2.24, 2.45) is 5.92 Å². The number of ether oxygens (including phenoxy) is 1. The molecule has 5 nitrogen and oxygen atoms in total. The van der Waals surface area contributed by atoms with Crippen molar-refractivity contribution in [2.75, 3.05) is 31.7 Å². The molecular weight excluding hydrogens is 218 g/mol. The van der Waals surface area contributed by atoms with Crippen LogP contribution in [0.5, 0.6) is 0 Å². The van der Waals surface area contributed by atoms with Gasteiger partial charge in [0.15, 0.2) is 0 Å². The van der Waals surface area contributed by atoms with E-state index in [1.165, 1.54) is 0 Å². The molecule has 96 valence electrons. The molecule has 0 unspecified atom stereocenters. The van der Waals surface area contributed by atoms with Gasteiger partial charge in [-0.05, 0) is 5.92 Å². The summed E-state index contributed by atoms with van der Waals surface area (Å²) in [6.07, 6.45) is 3.30. The summed E-state index contributed by atoms with van der Waals surface area (Å²) in [7, 11) is 1.69. The normalized spacial score (nSPS) is 10.9. The Morgan fingerprint density at radius 1 is 1.35 bits per heavy atom. The van der Waals surface area contributed by atoms with Gasteiger partial charge in [-0.1, -0.05) is 13.8 Å². The highest BCUT2D eigenvalue weighted by molar-refractivity contribution is 5.35. The van der Waals surface area contributed by atoms with E-state index in [0.717, 1.165) is 18.9 Å². The zero-order chi connectivity index (χ0) is 12.7. The Bertz CT molecular complexity index is 314. The van der Waals surface area contributed by atoms with E-state index < -0.39 is 0 Å². The Kier molecular flexibility index (Phi) is 5.86. The number of aliphatic hydroxyl groups is 1. The maximum atomic E-state index is 8.92. The van der Waals surface area contributed by atoms with Crippen molar-refractivity contribution < 1.29 is 9.84 Å². The highest BCUT2D eigenvalue weighted by Crippen LogP contribution is 2.11. The van der Waals surface area contributed by atoms with Gasteiger partial charge in [0, 0.05) is 20.2 Å². The quantitative estimate of drug-likeness (QED) is 0.771. The summed E-state index contributed by atoms with van der Waals surface area (Å²) in [4.78, 5) is 10.6. The summed E-state index contributed by atoms with van der Waals surface area (Å²) in [5.74, 6) is 1.37. The van der Waals surface area contributed by atoms with Gasteiger partial charge >= 0.3 is 0 Å². The van der Waals surface area contributed by atoms with Crippen LogP contribution in [0.2, 0.25) is 0 Å². The highest BCUT2D eigenvalue weighted by atomic mass is 16.5. The van der Waals surface area contributed by atoms with Crippen molar-refractivity contribution in [3.05, 3.63) is 18.1 Å². The summed E-state index contributed by atoms with van der Waals surface area (Å²) in [5, 5.41) is 8.92. The van der Waals surface area contributed by atoms with Gasteiger partial charge in [0.25, 0.3) is 0 Å². The fourth-order valence-electron chi connectivity index (χ4n) is 1.53. The molecule has 5 heteroatoms. The van der Waals surface area contributed by atoms with Gasteiger partial charge in [-0.2, -0.15) is 0 Å². The van der Waals surface area contributed by atoms with E-state index in [2.05, 4.69) is 28.7 Å². The second-order valence-corrected chi connectivity index (χ2v) is 4.36. The van der Waals surface area contributed by atoms with Crippen molar-refractivity contribution in [2.45, 2.75) is 20.5 Å². The zero-order valence-electron chi connectivity index (χ0n) is 10.8. The Balaban J connectivity index is 2.72. The highest BCUT2D eigenvalue weighted by Gasteiger charge is 2.10. The third-order valence-corrected chi connectivity index (χ3v) is 2.33. The SMILES string of the molecule is COCCN(CC(C)C)c1cnc(CO)cn1. The lowest BCUT2D eigenvalue weighted by Gasteiger charge is -2.24. The molecule has 0 amide bonds. The second-order valence-electron chi connectivity index (χ2n) is 4.36. The minimum Gasteiger partial charge on any atom is -0.390 e. The summed E-state index contributed by atoms with van der Waals surface area (Å²) < 4.78 is 5.09. The van der Waals surface area contributed by atoms with E-state index in [9.17, 15) is 0 Å². The molecule has 1 N–H and O–H groups in total. The maximum Gasteiger partial charge on any atom is 0.147 e. The number of hydrogen-bond donors (Lipinski definition) is 1. The molecular formula is C12H21N3O2. The van der Waals surface area contributed by atoms with Gasteiger partial charge in [0.1, 0.15) is 5.82 Å². The number of nitrogens with zero attached hydrogens (tertiary/aromatic N) is 3. The van der Waals surface area contributed by atoms with Crippen LogP contribution in [0, 0.1) is 5.92 Å². The predicted octanol–water partition coefficient (Wildman–Crippen LogP) is 1.08. The summed E-state index contributed by atoms with van der Waals surface area (Å²) >= 11 is 0. The van der Waals surface area contributed by atoms with Crippen LogP contribution in [-0.4, -0.2) is 41.9 Å². The lowest BCUT2D eigenvalue weighted by atomic mass is 10.2. The molecule has 0 saturated carbocycles. The number of rotatable bonds is 7. The van der Waals surface area contributed by atoms with Crippen molar-refractivity contribution in [3.63, 3.8) is 0 Å². The third-order valence-electron chi connectivity index (χ3n) is 2.33. The van der Waals surface area contributed by atoms with E-state index in [4.69, 9.17) is 9.84 Å². The van der Waals surface area contributed by atoms with Gasteiger partial charge in [-0.3, -0.25) is 4.98 Å².